The standard InChI is InChI=1S/C22H24N4O4/c1-15(22(29)26(2)14-16-8-4-3-5-9-16)30-19(27)12-13-23-21(28)20-17-10-6-7-11-18(17)24-25-20/h3-11,15H,12-14H2,1-2H3,(H,23,28)(H,24,25). The SMILES string of the molecule is CC(OC(=O)CCNC(=O)c1n[nH]c2ccccc12)C(=O)N(C)Cc1ccccc1. The number of benzene rings is 2. The number of esters is 1. The van der Waals surface area contributed by atoms with Crippen molar-refractivity contribution in [3.8, 4) is 0 Å². The molecule has 1 unspecified atom stereocenters. The molecule has 156 valence electrons. The molecule has 2 N–H and O–H groups in total. The van der Waals surface area contributed by atoms with Gasteiger partial charge in [0.2, 0.25) is 0 Å². The second kappa shape index (κ2) is 9.69. The van der Waals surface area contributed by atoms with Crippen LogP contribution in [0.2, 0.25) is 0 Å². The van der Waals surface area contributed by atoms with Crippen LogP contribution in [0.15, 0.2) is 54.6 Å². The summed E-state index contributed by atoms with van der Waals surface area (Å²) in [7, 11) is 1.66. The zero-order valence-electron chi connectivity index (χ0n) is 16.9. The molecule has 0 bridgehead atoms. The van der Waals surface area contributed by atoms with Gasteiger partial charge >= 0.3 is 5.97 Å². The van der Waals surface area contributed by atoms with Crippen LogP contribution in [0.25, 0.3) is 10.9 Å². The molecule has 1 atom stereocenters. The van der Waals surface area contributed by atoms with E-state index < -0.39 is 12.1 Å². The van der Waals surface area contributed by atoms with E-state index in [2.05, 4.69) is 15.5 Å². The van der Waals surface area contributed by atoms with Crippen molar-refractivity contribution in [3.05, 3.63) is 65.9 Å². The Morgan fingerprint density at radius 2 is 1.80 bits per heavy atom. The fourth-order valence-corrected chi connectivity index (χ4v) is 3.05. The van der Waals surface area contributed by atoms with E-state index >= 15 is 0 Å². The van der Waals surface area contributed by atoms with E-state index in [1.54, 1.807) is 13.1 Å². The van der Waals surface area contributed by atoms with Crippen LogP contribution in [0, 0.1) is 0 Å². The summed E-state index contributed by atoms with van der Waals surface area (Å²) in [6, 6.07) is 16.8. The normalized spacial score (nSPS) is 11.7. The van der Waals surface area contributed by atoms with Crippen LogP contribution in [-0.2, 0) is 20.9 Å². The minimum Gasteiger partial charge on any atom is -0.452 e. The van der Waals surface area contributed by atoms with Gasteiger partial charge in [-0.1, -0.05) is 48.5 Å². The highest BCUT2D eigenvalue weighted by atomic mass is 16.5. The van der Waals surface area contributed by atoms with Crippen molar-refractivity contribution in [2.75, 3.05) is 13.6 Å². The zero-order chi connectivity index (χ0) is 21.5. The van der Waals surface area contributed by atoms with Gasteiger partial charge in [-0.3, -0.25) is 19.5 Å². The molecule has 0 radical (unpaired) electrons. The second-order valence-corrected chi connectivity index (χ2v) is 6.94. The van der Waals surface area contributed by atoms with Gasteiger partial charge in [0, 0.05) is 25.5 Å². The number of likely N-dealkylation sites (N-methyl/N-ethyl adjacent to an activating group) is 1. The van der Waals surface area contributed by atoms with E-state index in [1.807, 2.05) is 48.5 Å². The van der Waals surface area contributed by atoms with Crippen molar-refractivity contribution in [3.63, 3.8) is 0 Å². The highest BCUT2D eigenvalue weighted by Crippen LogP contribution is 2.14. The van der Waals surface area contributed by atoms with Crippen LogP contribution in [-0.4, -0.2) is 52.6 Å². The van der Waals surface area contributed by atoms with E-state index in [0.717, 1.165) is 11.1 Å². The fraction of sp³-hybridized carbons (Fsp3) is 0.273. The van der Waals surface area contributed by atoms with Gasteiger partial charge in [-0.15, -0.1) is 0 Å². The summed E-state index contributed by atoms with van der Waals surface area (Å²) in [5, 5.41) is 10.2. The lowest BCUT2D eigenvalue weighted by molar-refractivity contribution is -0.158. The van der Waals surface area contributed by atoms with Crippen LogP contribution < -0.4 is 5.32 Å². The molecule has 0 fully saturated rings. The highest BCUT2D eigenvalue weighted by molar-refractivity contribution is 6.04. The van der Waals surface area contributed by atoms with Crippen LogP contribution in [0.5, 0.6) is 0 Å². The van der Waals surface area contributed by atoms with Crippen molar-refractivity contribution in [2.45, 2.75) is 26.0 Å². The number of rotatable bonds is 8. The number of para-hydroxylation sites is 1. The first-order valence-corrected chi connectivity index (χ1v) is 9.65. The molecule has 3 rings (SSSR count). The van der Waals surface area contributed by atoms with E-state index in [4.69, 9.17) is 4.74 Å². The van der Waals surface area contributed by atoms with Crippen molar-refractivity contribution < 1.29 is 19.1 Å². The van der Waals surface area contributed by atoms with Crippen LogP contribution >= 0.6 is 0 Å². The number of nitrogens with one attached hydrogen (secondary N) is 2. The lowest BCUT2D eigenvalue weighted by Gasteiger charge is -2.21. The Balaban J connectivity index is 1.43. The lowest BCUT2D eigenvalue weighted by atomic mass is 10.2. The van der Waals surface area contributed by atoms with Gasteiger partial charge in [0.1, 0.15) is 0 Å². The lowest BCUT2D eigenvalue weighted by Crippen LogP contribution is -2.37. The number of fused-ring (bicyclic) bond motifs is 1. The number of carbonyl (C=O) groups excluding carboxylic acids is 3. The Kier molecular flexibility index (Phi) is 6.79. The largest absolute Gasteiger partial charge is 0.452 e. The smallest absolute Gasteiger partial charge is 0.308 e. The molecule has 3 aromatic rings. The van der Waals surface area contributed by atoms with Crippen molar-refractivity contribution >= 4 is 28.7 Å². The van der Waals surface area contributed by atoms with Gasteiger partial charge in [-0.05, 0) is 18.6 Å². The second-order valence-electron chi connectivity index (χ2n) is 6.94. The third-order valence-electron chi connectivity index (χ3n) is 4.59. The van der Waals surface area contributed by atoms with Gasteiger partial charge in [0.25, 0.3) is 11.8 Å². The molecule has 0 spiro atoms. The molecule has 1 aromatic heterocycles. The van der Waals surface area contributed by atoms with Gasteiger partial charge in [0.05, 0.1) is 11.9 Å². The predicted molar refractivity (Wildman–Crippen MR) is 112 cm³/mol. The number of H-pyrrole nitrogens is 1. The quantitative estimate of drug-likeness (QED) is 0.557. The Hall–Kier alpha value is -3.68. The molecular formula is C22H24N4O4. The topological polar surface area (TPSA) is 104 Å². The number of ether oxygens (including phenoxy) is 1. The van der Waals surface area contributed by atoms with Crippen LogP contribution in [0.1, 0.15) is 29.4 Å². The Morgan fingerprint density at radius 1 is 1.10 bits per heavy atom. The highest BCUT2D eigenvalue weighted by Gasteiger charge is 2.22. The molecule has 0 aliphatic carbocycles. The zero-order valence-corrected chi connectivity index (χ0v) is 16.9. The summed E-state index contributed by atoms with van der Waals surface area (Å²) in [5.41, 5.74) is 2.01. The summed E-state index contributed by atoms with van der Waals surface area (Å²) in [5.74, 6) is -1.23. The summed E-state index contributed by atoms with van der Waals surface area (Å²) in [4.78, 5) is 38.3. The van der Waals surface area contributed by atoms with E-state index in [1.165, 1.54) is 11.8 Å². The average Bonchev–Trinajstić information content (AvgIpc) is 3.18. The van der Waals surface area contributed by atoms with E-state index in [-0.39, 0.29) is 30.5 Å². The summed E-state index contributed by atoms with van der Waals surface area (Å²) >= 11 is 0. The third kappa shape index (κ3) is 5.22. The van der Waals surface area contributed by atoms with E-state index in [9.17, 15) is 14.4 Å². The summed E-state index contributed by atoms with van der Waals surface area (Å²) in [6.45, 7) is 2.05. The first-order valence-electron chi connectivity index (χ1n) is 9.65. The molecule has 2 aromatic carbocycles. The van der Waals surface area contributed by atoms with Gasteiger partial charge < -0.3 is 15.0 Å². The number of carbonyl (C=O) groups is 3. The van der Waals surface area contributed by atoms with Crippen molar-refractivity contribution in [1.29, 1.82) is 0 Å². The Morgan fingerprint density at radius 3 is 2.57 bits per heavy atom. The summed E-state index contributed by atoms with van der Waals surface area (Å²) in [6.07, 6.45) is -0.953. The van der Waals surface area contributed by atoms with Gasteiger partial charge in [-0.2, -0.15) is 5.10 Å². The first kappa shape index (κ1) is 21.0. The van der Waals surface area contributed by atoms with Crippen molar-refractivity contribution in [2.24, 2.45) is 0 Å². The van der Waals surface area contributed by atoms with Gasteiger partial charge in [-0.25, -0.2) is 0 Å². The number of nitrogens with zero attached hydrogens (tertiary/aromatic N) is 2. The molecule has 2 amide bonds. The molecular weight excluding hydrogens is 384 g/mol. The maximum Gasteiger partial charge on any atom is 0.308 e. The summed E-state index contributed by atoms with van der Waals surface area (Å²) < 4.78 is 5.21. The van der Waals surface area contributed by atoms with Crippen LogP contribution in [0.3, 0.4) is 0 Å². The predicted octanol–water partition coefficient (Wildman–Crippen LogP) is 2.27. The Labute approximate surface area is 174 Å². The minimum absolute atomic E-state index is 0.0475. The first-order chi connectivity index (χ1) is 14.5. The fourth-order valence-electron chi connectivity index (χ4n) is 3.05. The number of aromatic nitrogens is 2. The maximum atomic E-state index is 12.4. The molecule has 8 heteroatoms. The molecule has 0 saturated carbocycles. The van der Waals surface area contributed by atoms with E-state index in [0.29, 0.717) is 11.9 Å². The molecule has 0 saturated heterocycles. The average molecular weight is 408 g/mol. The monoisotopic (exact) mass is 408 g/mol. The molecule has 0 aliphatic heterocycles. The Bertz CT molecular complexity index is 1030. The molecule has 8 nitrogen and oxygen atoms in total. The molecule has 30 heavy (non-hydrogen) atoms. The molecule has 1 heterocycles. The molecule has 0 aliphatic rings. The van der Waals surface area contributed by atoms with Crippen LogP contribution in [0.4, 0.5) is 0 Å². The number of hydrogen-bond donors (Lipinski definition) is 2. The maximum absolute atomic E-state index is 12.4. The van der Waals surface area contributed by atoms with Gasteiger partial charge in [0.15, 0.2) is 11.8 Å². The van der Waals surface area contributed by atoms with Crippen molar-refractivity contribution in [1.82, 2.24) is 20.4 Å². The number of aromatic amines is 1. The number of amides is 2. The number of hydrogen-bond acceptors (Lipinski definition) is 5. The minimum atomic E-state index is -0.905. The third-order valence-corrected chi connectivity index (χ3v) is 4.59.